The minimum Gasteiger partial charge on any atom is -0.334 e. The Hall–Kier alpha value is -4.55. The molecule has 0 aliphatic carbocycles. The van der Waals surface area contributed by atoms with E-state index in [9.17, 15) is 31.5 Å². The summed E-state index contributed by atoms with van der Waals surface area (Å²) in [6.45, 7) is 1.96. The number of amides is 1. The highest BCUT2D eigenvalue weighted by Gasteiger charge is 2.32. The van der Waals surface area contributed by atoms with E-state index >= 15 is 0 Å². The molecular weight excluding hydrogens is 720 g/mol. The van der Waals surface area contributed by atoms with Gasteiger partial charge in [-0.05, 0) is 96.2 Å². The van der Waals surface area contributed by atoms with Crippen molar-refractivity contribution in [2.24, 2.45) is 0 Å². The number of rotatable bonds is 10. The van der Waals surface area contributed by atoms with Crippen molar-refractivity contribution in [2.45, 2.75) is 69.9 Å². The minimum atomic E-state index is -4.42. The number of halogens is 5. The number of thioether (sulfide) groups is 1. The fraction of sp³-hybridized carbons (Fsp3) is 0.357. The third-order valence-electron chi connectivity index (χ3n) is 10.7. The molecule has 282 valence electrons. The number of para-hydroxylation sites is 1. The summed E-state index contributed by atoms with van der Waals surface area (Å²) in [5.41, 5.74) is 1.80. The summed E-state index contributed by atoms with van der Waals surface area (Å²) < 4.78 is 69.8. The maximum Gasteiger partial charge on any atom is 0.416 e. The van der Waals surface area contributed by atoms with E-state index in [2.05, 4.69) is 9.88 Å². The number of hydrogen-bond acceptors (Lipinski definition) is 5. The van der Waals surface area contributed by atoms with Crippen LogP contribution in [0.25, 0.3) is 22.0 Å². The van der Waals surface area contributed by atoms with Gasteiger partial charge in [-0.1, -0.05) is 60.7 Å². The fourth-order valence-electron chi connectivity index (χ4n) is 7.73. The van der Waals surface area contributed by atoms with E-state index in [1.807, 2.05) is 40.9 Å². The first-order chi connectivity index (χ1) is 26.0. The second kappa shape index (κ2) is 16.4. The first kappa shape index (κ1) is 37.8. The Morgan fingerprint density at radius 2 is 1.48 bits per heavy atom. The zero-order chi connectivity index (χ0) is 37.8. The molecule has 54 heavy (non-hydrogen) atoms. The Morgan fingerprint density at radius 1 is 0.815 bits per heavy atom. The average Bonchev–Trinajstić information content (AvgIpc) is 3.19. The van der Waals surface area contributed by atoms with Crippen molar-refractivity contribution in [2.75, 3.05) is 24.6 Å². The highest BCUT2D eigenvalue weighted by molar-refractivity contribution is 7.99. The lowest BCUT2D eigenvalue weighted by molar-refractivity contribution is -0.138. The molecule has 2 saturated heterocycles. The van der Waals surface area contributed by atoms with E-state index in [-0.39, 0.29) is 36.9 Å². The largest absolute Gasteiger partial charge is 0.416 e. The molecule has 0 spiro atoms. The smallest absolute Gasteiger partial charge is 0.334 e. The second-order valence-electron chi connectivity index (χ2n) is 14.1. The number of benzene rings is 4. The van der Waals surface area contributed by atoms with Gasteiger partial charge in [-0.15, -0.1) is 0 Å². The summed E-state index contributed by atoms with van der Waals surface area (Å²) in [5, 5.41) is 0.357. The van der Waals surface area contributed by atoms with E-state index in [1.54, 1.807) is 28.8 Å². The molecule has 1 amide bonds. The molecule has 3 heterocycles. The molecule has 4 aromatic carbocycles. The normalized spacial score (nSPS) is 16.2. The number of carbonyl (C=O) groups is 1. The van der Waals surface area contributed by atoms with Gasteiger partial charge in [0.25, 0.3) is 5.56 Å². The Kier molecular flexibility index (Phi) is 11.5. The quantitative estimate of drug-likeness (QED) is 0.134. The zero-order valence-electron chi connectivity index (χ0n) is 29.7. The van der Waals surface area contributed by atoms with Gasteiger partial charge >= 0.3 is 6.18 Å². The van der Waals surface area contributed by atoms with Gasteiger partial charge in [0.2, 0.25) is 5.91 Å². The average molecular weight is 761 g/mol. The predicted octanol–water partition coefficient (Wildman–Crippen LogP) is 8.53. The zero-order valence-corrected chi connectivity index (χ0v) is 30.5. The number of aryl methyl sites for hydroxylation is 2. The number of fused-ring (bicyclic) bond motifs is 1. The van der Waals surface area contributed by atoms with Gasteiger partial charge in [0.15, 0.2) is 11.6 Å². The highest BCUT2D eigenvalue weighted by Crippen LogP contribution is 2.32. The van der Waals surface area contributed by atoms with Gasteiger partial charge in [-0.2, -0.15) is 29.9 Å². The molecule has 0 saturated carbocycles. The van der Waals surface area contributed by atoms with E-state index < -0.39 is 28.9 Å². The van der Waals surface area contributed by atoms with Crippen LogP contribution in [0, 0.1) is 11.6 Å². The van der Waals surface area contributed by atoms with Crippen LogP contribution in [0.4, 0.5) is 22.0 Å². The van der Waals surface area contributed by atoms with Gasteiger partial charge in [-0.3, -0.25) is 9.59 Å². The summed E-state index contributed by atoms with van der Waals surface area (Å²) >= 11 is 1.99. The molecule has 5 aromatic rings. The van der Waals surface area contributed by atoms with Crippen LogP contribution in [0.1, 0.15) is 48.2 Å². The summed E-state index contributed by atoms with van der Waals surface area (Å²) in [4.78, 5) is 36.6. The molecule has 0 radical (unpaired) electrons. The maximum atomic E-state index is 14.6. The fourth-order valence-corrected chi connectivity index (χ4v) is 8.81. The van der Waals surface area contributed by atoms with Crippen molar-refractivity contribution in [3.63, 3.8) is 0 Å². The van der Waals surface area contributed by atoms with Gasteiger partial charge < -0.3 is 14.4 Å². The monoisotopic (exact) mass is 760 g/mol. The van der Waals surface area contributed by atoms with E-state index in [4.69, 9.17) is 0 Å². The second-order valence-corrected chi connectivity index (χ2v) is 15.3. The van der Waals surface area contributed by atoms with Crippen LogP contribution in [0.2, 0.25) is 0 Å². The molecule has 0 bridgehead atoms. The van der Waals surface area contributed by atoms with Crippen molar-refractivity contribution >= 4 is 28.6 Å². The van der Waals surface area contributed by atoms with Crippen molar-refractivity contribution < 1.29 is 26.7 Å². The Morgan fingerprint density at radius 3 is 2.17 bits per heavy atom. The number of carbonyl (C=O) groups excluding carboxylic acids is 1. The van der Waals surface area contributed by atoms with Crippen LogP contribution in [0.3, 0.4) is 0 Å². The van der Waals surface area contributed by atoms with E-state index in [1.165, 1.54) is 24.3 Å². The number of hydrogen-bond donors (Lipinski definition) is 0. The van der Waals surface area contributed by atoms with Crippen LogP contribution in [0.5, 0.6) is 0 Å². The Bertz CT molecular complexity index is 2140. The number of piperidine rings is 1. The third-order valence-corrected chi connectivity index (χ3v) is 11.8. The van der Waals surface area contributed by atoms with Gasteiger partial charge in [0, 0.05) is 38.1 Å². The number of likely N-dealkylation sites (tertiary alicyclic amines) is 1. The number of nitrogens with zero attached hydrogens (tertiary/aromatic N) is 4. The Labute approximate surface area is 315 Å². The molecule has 0 atom stereocenters. The molecule has 1 aromatic heterocycles. The summed E-state index contributed by atoms with van der Waals surface area (Å²) in [5.74, 6) is 0.560. The molecular formula is C42H41F5N4O2S. The summed E-state index contributed by atoms with van der Waals surface area (Å²) in [6.07, 6.45) is -0.299. The standard InChI is InChI=1S/C42H41F5N4O2S/c43-36-6-3-4-31(40(36)44)14-17-38-48-41(53)35-5-1-2-7-37(35)51(38)27-39(52)50(34-18-22-49(23-19-34)33-20-24-54-25-21-33)26-28-8-10-29(11-9-28)30-12-15-32(16-13-30)42(45,46)47/h1-13,15-16,33-34H,14,17-27H2. The first-order valence-electron chi connectivity index (χ1n) is 18.3. The molecule has 2 aliphatic rings. The summed E-state index contributed by atoms with van der Waals surface area (Å²) in [6, 6.07) is 24.0. The molecule has 7 rings (SSSR count). The maximum absolute atomic E-state index is 14.6. The lowest BCUT2D eigenvalue weighted by Crippen LogP contribution is -2.50. The van der Waals surface area contributed by atoms with E-state index in [0.29, 0.717) is 34.9 Å². The molecule has 0 unspecified atom stereocenters. The topological polar surface area (TPSA) is 58.4 Å². The molecule has 12 heteroatoms. The van der Waals surface area contributed by atoms with Crippen molar-refractivity contribution in [1.29, 1.82) is 0 Å². The third kappa shape index (κ3) is 8.55. The highest BCUT2D eigenvalue weighted by atomic mass is 32.2. The predicted molar refractivity (Wildman–Crippen MR) is 202 cm³/mol. The SMILES string of the molecule is O=C(Cn1c(CCc2cccc(F)c2F)nc(=O)c2ccccc21)N(Cc1ccc(-c2ccc(C(F)(F)F)cc2)cc1)C1CCN(C2CCSCC2)CC1. The van der Waals surface area contributed by atoms with E-state index in [0.717, 1.165) is 79.6 Å². The minimum absolute atomic E-state index is 0.0512. The Balaban J connectivity index is 1.16. The molecule has 0 N–H and O–H groups in total. The van der Waals surface area contributed by atoms with Crippen LogP contribution in [-0.2, 0) is 36.9 Å². The lowest BCUT2D eigenvalue weighted by atomic mass is 9.98. The van der Waals surface area contributed by atoms with Crippen LogP contribution in [0.15, 0.2) is 95.8 Å². The van der Waals surface area contributed by atoms with Crippen LogP contribution in [-0.4, -0.2) is 61.9 Å². The van der Waals surface area contributed by atoms with Crippen molar-refractivity contribution in [3.05, 3.63) is 135 Å². The molecule has 2 fully saturated rings. The van der Waals surface area contributed by atoms with Crippen molar-refractivity contribution in [3.8, 4) is 11.1 Å². The van der Waals surface area contributed by atoms with Gasteiger partial charge in [-0.25, -0.2) is 8.78 Å². The van der Waals surface area contributed by atoms with Gasteiger partial charge in [0.1, 0.15) is 12.4 Å². The summed E-state index contributed by atoms with van der Waals surface area (Å²) in [7, 11) is 0. The van der Waals surface area contributed by atoms with Crippen LogP contribution >= 0.6 is 11.8 Å². The van der Waals surface area contributed by atoms with Crippen molar-refractivity contribution in [1.82, 2.24) is 19.4 Å². The van der Waals surface area contributed by atoms with Gasteiger partial charge in [0.05, 0.1) is 16.5 Å². The number of aromatic nitrogens is 2. The number of alkyl halides is 3. The molecule has 2 aliphatic heterocycles. The first-order valence-corrected chi connectivity index (χ1v) is 19.5. The lowest BCUT2D eigenvalue weighted by Gasteiger charge is -2.42. The molecule has 6 nitrogen and oxygen atoms in total. The van der Waals surface area contributed by atoms with Crippen LogP contribution < -0.4 is 5.56 Å².